The van der Waals surface area contributed by atoms with Crippen LogP contribution in [0.2, 0.25) is 0 Å². The van der Waals surface area contributed by atoms with Gasteiger partial charge in [0.2, 0.25) is 0 Å². The van der Waals surface area contributed by atoms with Crippen LogP contribution in [0.4, 0.5) is 0 Å². The molecule has 0 aliphatic carbocycles. The average molecular weight is 228 g/mol. The van der Waals surface area contributed by atoms with E-state index in [-0.39, 0.29) is 5.41 Å². The maximum Gasteiger partial charge on any atom is 0.0931 e. The maximum absolute atomic E-state index is 8.52. The fourth-order valence-electron chi connectivity index (χ4n) is 1.89. The molecule has 1 heterocycles. The van der Waals surface area contributed by atoms with Gasteiger partial charge in [-0.1, -0.05) is 19.9 Å². The monoisotopic (exact) mass is 228 g/mol. The van der Waals surface area contributed by atoms with Crippen molar-refractivity contribution in [2.45, 2.75) is 19.3 Å². The summed E-state index contributed by atoms with van der Waals surface area (Å²) in [5.41, 5.74) is 3.26. The van der Waals surface area contributed by atoms with Gasteiger partial charge in [0.1, 0.15) is 0 Å². The van der Waals surface area contributed by atoms with Crippen LogP contribution in [-0.4, -0.2) is 23.1 Å². The minimum absolute atomic E-state index is 0.00382. The quantitative estimate of drug-likeness (QED) is 0.621. The molecule has 88 valence electrons. The number of benzene rings is 1. The molecule has 2 aromatic rings. The third-order valence-electron chi connectivity index (χ3n) is 2.97. The first-order chi connectivity index (χ1) is 8.13. The van der Waals surface area contributed by atoms with Gasteiger partial charge in [0, 0.05) is 12.0 Å². The zero-order valence-corrected chi connectivity index (χ0v) is 10.1. The predicted octanol–water partition coefficient (Wildman–Crippen LogP) is 1.95. The fourth-order valence-corrected chi connectivity index (χ4v) is 1.89. The number of nitrogens with zero attached hydrogens (tertiary/aromatic N) is 2. The molecule has 4 nitrogen and oxygen atoms in total. The lowest BCUT2D eigenvalue weighted by atomic mass is 9.84. The van der Waals surface area contributed by atoms with Gasteiger partial charge < -0.3 is 10.3 Å². The lowest BCUT2D eigenvalue weighted by molar-refractivity contribution is 0.485. The summed E-state index contributed by atoms with van der Waals surface area (Å²) < 4.78 is 0. The number of aromatic amines is 1. The summed E-state index contributed by atoms with van der Waals surface area (Å²) in [6, 6.07) is 8.33. The number of nitrogens with one attached hydrogen (secondary N) is 2. The standard InChI is InChI=1S/C13H16N4/c1-13(2,8-15-6-5-14)10-3-4-11-12(7-10)17-9-16-11/h3-4,7,9,15H,6,8H2,1-2H3,(H,16,17). The van der Waals surface area contributed by atoms with Gasteiger partial charge in [-0.3, -0.25) is 0 Å². The largest absolute Gasteiger partial charge is 0.345 e. The average Bonchev–Trinajstić information content (AvgIpc) is 2.76. The third-order valence-corrected chi connectivity index (χ3v) is 2.97. The Labute approximate surface area is 101 Å². The Hall–Kier alpha value is -1.86. The maximum atomic E-state index is 8.52. The van der Waals surface area contributed by atoms with Gasteiger partial charge in [0.25, 0.3) is 0 Å². The van der Waals surface area contributed by atoms with Crippen LogP contribution in [0.1, 0.15) is 19.4 Å². The van der Waals surface area contributed by atoms with E-state index in [1.165, 1.54) is 5.56 Å². The Morgan fingerprint density at radius 1 is 1.47 bits per heavy atom. The van der Waals surface area contributed by atoms with Gasteiger partial charge in [-0.2, -0.15) is 5.26 Å². The van der Waals surface area contributed by atoms with Crippen molar-refractivity contribution in [3.8, 4) is 6.07 Å². The van der Waals surface area contributed by atoms with Gasteiger partial charge >= 0.3 is 0 Å². The molecule has 0 saturated carbocycles. The SMILES string of the molecule is CC(C)(CNCC#N)c1ccc2nc[nH]c2c1. The minimum atomic E-state index is -0.00382. The normalized spacial score (nSPS) is 11.6. The van der Waals surface area contributed by atoms with Crippen LogP contribution in [0.25, 0.3) is 11.0 Å². The van der Waals surface area contributed by atoms with Crippen LogP contribution in [0, 0.1) is 11.3 Å². The number of hydrogen-bond donors (Lipinski definition) is 2. The summed E-state index contributed by atoms with van der Waals surface area (Å²) in [5, 5.41) is 11.7. The topological polar surface area (TPSA) is 64.5 Å². The third kappa shape index (κ3) is 2.45. The van der Waals surface area contributed by atoms with Crippen molar-refractivity contribution >= 4 is 11.0 Å². The molecule has 0 bridgehead atoms. The number of rotatable bonds is 4. The highest BCUT2D eigenvalue weighted by atomic mass is 14.9. The molecule has 2 N–H and O–H groups in total. The van der Waals surface area contributed by atoms with Gasteiger partial charge in [-0.25, -0.2) is 4.98 Å². The molecular formula is C13H16N4. The van der Waals surface area contributed by atoms with E-state index in [0.717, 1.165) is 17.6 Å². The molecule has 0 radical (unpaired) electrons. The molecule has 0 aliphatic heterocycles. The second kappa shape index (κ2) is 4.56. The summed E-state index contributed by atoms with van der Waals surface area (Å²) in [7, 11) is 0. The van der Waals surface area contributed by atoms with Crippen molar-refractivity contribution in [3.05, 3.63) is 30.1 Å². The lowest BCUT2D eigenvalue weighted by Gasteiger charge is -2.25. The fraction of sp³-hybridized carbons (Fsp3) is 0.385. The highest BCUT2D eigenvalue weighted by Gasteiger charge is 2.20. The van der Waals surface area contributed by atoms with Gasteiger partial charge in [0.15, 0.2) is 0 Å². The van der Waals surface area contributed by atoms with Crippen LogP contribution >= 0.6 is 0 Å². The summed E-state index contributed by atoms with van der Waals surface area (Å²) in [6.45, 7) is 5.49. The van der Waals surface area contributed by atoms with Crippen LogP contribution < -0.4 is 5.32 Å². The Balaban J connectivity index is 2.22. The van der Waals surface area contributed by atoms with E-state index in [4.69, 9.17) is 5.26 Å². The Bertz CT molecular complexity index is 548. The van der Waals surface area contributed by atoms with Crippen LogP contribution in [-0.2, 0) is 5.41 Å². The van der Waals surface area contributed by atoms with Gasteiger partial charge in [0.05, 0.1) is 30.0 Å². The van der Waals surface area contributed by atoms with E-state index in [0.29, 0.717) is 6.54 Å². The number of nitriles is 1. The Morgan fingerprint density at radius 3 is 3.06 bits per heavy atom. The van der Waals surface area contributed by atoms with Crippen LogP contribution in [0.5, 0.6) is 0 Å². The Morgan fingerprint density at radius 2 is 2.29 bits per heavy atom. The van der Waals surface area contributed by atoms with Crippen molar-refractivity contribution in [2.75, 3.05) is 13.1 Å². The first-order valence-corrected chi connectivity index (χ1v) is 5.65. The zero-order chi connectivity index (χ0) is 12.3. The molecule has 0 atom stereocenters. The number of imidazole rings is 1. The molecule has 2 rings (SSSR count). The van der Waals surface area contributed by atoms with Crippen LogP contribution in [0.15, 0.2) is 24.5 Å². The number of hydrogen-bond acceptors (Lipinski definition) is 3. The van der Waals surface area contributed by atoms with Gasteiger partial charge in [-0.15, -0.1) is 0 Å². The van der Waals surface area contributed by atoms with Crippen molar-refractivity contribution in [1.82, 2.24) is 15.3 Å². The highest BCUT2D eigenvalue weighted by molar-refractivity contribution is 5.75. The van der Waals surface area contributed by atoms with E-state index >= 15 is 0 Å². The first kappa shape index (κ1) is 11.6. The molecule has 0 unspecified atom stereocenters. The van der Waals surface area contributed by atoms with Crippen molar-refractivity contribution < 1.29 is 0 Å². The zero-order valence-electron chi connectivity index (χ0n) is 10.1. The highest BCUT2D eigenvalue weighted by Crippen LogP contribution is 2.24. The van der Waals surface area contributed by atoms with E-state index in [9.17, 15) is 0 Å². The second-order valence-electron chi connectivity index (χ2n) is 4.78. The molecule has 1 aromatic carbocycles. The van der Waals surface area contributed by atoms with E-state index < -0.39 is 0 Å². The van der Waals surface area contributed by atoms with E-state index in [1.807, 2.05) is 6.07 Å². The lowest BCUT2D eigenvalue weighted by Crippen LogP contribution is -2.33. The number of aromatic nitrogens is 2. The van der Waals surface area contributed by atoms with Gasteiger partial charge in [-0.05, 0) is 17.7 Å². The van der Waals surface area contributed by atoms with E-state index in [1.54, 1.807) is 6.33 Å². The molecule has 4 heteroatoms. The summed E-state index contributed by atoms with van der Waals surface area (Å²) in [5.74, 6) is 0. The number of fused-ring (bicyclic) bond motifs is 1. The van der Waals surface area contributed by atoms with E-state index in [2.05, 4.69) is 47.3 Å². The second-order valence-corrected chi connectivity index (χ2v) is 4.78. The molecule has 0 amide bonds. The van der Waals surface area contributed by atoms with Crippen LogP contribution in [0.3, 0.4) is 0 Å². The molecule has 1 aromatic heterocycles. The molecule has 17 heavy (non-hydrogen) atoms. The molecule has 0 spiro atoms. The number of H-pyrrole nitrogens is 1. The van der Waals surface area contributed by atoms with Crippen molar-refractivity contribution in [3.63, 3.8) is 0 Å². The predicted molar refractivity (Wildman–Crippen MR) is 67.6 cm³/mol. The summed E-state index contributed by atoms with van der Waals surface area (Å²) in [4.78, 5) is 7.32. The molecule has 0 aliphatic rings. The summed E-state index contributed by atoms with van der Waals surface area (Å²) >= 11 is 0. The first-order valence-electron chi connectivity index (χ1n) is 5.65. The smallest absolute Gasteiger partial charge is 0.0931 e. The molecular weight excluding hydrogens is 212 g/mol. The molecule has 0 fully saturated rings. The molecule has 0 saturated heterocycles. The minimum Gasteiger partial charge on any atom is -0.345 e. The Kier molecular flexibility index (Phi) is 3.12. The van der Waals surface area contributed by atoms with Crippen molar-refractivity contribution in [1.29, 1.82) is 5.26 Å². The summed E-state index contributed by atoms with van der Waals surface area (Å²) in [6.07, 6.45) is 1.70. The van der Waals surface area contributed by atoms with Crippen molar-refractivity contribution in [2.24, 2.45) is 0 Å².